The number of nitrogens with zero attached hydrogens (tertiary/aromatic N) is 3. The molecule has 0 bridgehead atoms. The predicted octanol–water partition coefficient (Wildman–Crippen LogP) is 2.22. The zero-order chi connectivity index (χ0) is 13.4. The molecule has 98 valence electrons. The lowest BCUT2D eigenvalue weighted by atomic mass is 9.99. The second-order valence-electron chi connectivity index (χ2n) is 4.80. The van der Waals surface area contributed by atoms with Gasteiger partial charge in [-0.1, -0.05) is 6.07 Å². The second kappa shape index (κ2) is 4.96. The summed E-state index contributed by atoms with van der Waals surface area (Å²) in [6.45, 7) is 1.42. The van der Waals surface area contributed by atoms with E-state index in [9.17, 15) is 4.79 Å². The van der Waals surface area contributed by atoms with Crippen molar-refractivity contribution < 1.29 is 4.79 Å². The second-order valence-corrected chi connectivity index (χ2v) is 6.05. The Balaban J connectivity index is 1.85. The quantitative estimate of drug-likeness (QED) is 0.764. The Labute approximate surface area is 125 Å². The number of carbonyl (C=O) groups is 1. The lowest BCUT2D eigenvalue weighted by molar-refractivity contribution is 0.0727. The van der Waals surface area contributed by atoms with Gasteiger partial charge < -0.3 is 4.90 Å². The third-order valence-corrected chi connectivity index (χ3v) is 4.04. The first kappa shape index (κ1) is 12.7. The van der Waals surface area contributed by atoms with Crippen LogP contribution in [0.4, 0.5) is 0 Å². The summed E-state index contributed by atoms with van der Waals surface area (Å²) in [6.07, 6.45) is 4.70. The summed E-state index contributed by atoms with van der Waals surface area (Å²) in [6, 6.07) is 6.10. The Bertz CT molecular complexity index is 635. The van der Waals surface area contributed by atoms with Crippen LogP contribution < -0.4 is 0 Å². The number of fused-ring (bicyclic) bond motifs is 1. The number of hydrogen-bond donors (Lipinski definition) is 0. The molecule has 0 radical (unpaired) electrons. The minimum atomic E-state index is 0.128. The van der Waals surface area contributed by atoms with Gasteiger partial charge in [0.2, 0.25) is 0 Å². The molecular formula is C14H14IN3O. The Morgan fingerprint density at radius 3 is 3.00 bits per heavy atom. The average molecular weight is 367 g/mol. The van der Waals surface area contributed by atoms with Crippen LogP contribution in [0.2, 0.25) is 0 Å². The van der Waals surface area contributed by atoms with E-state index in [-0.39, 0.29) is 5.91 Å². The van der Waals surface area contributed by atoms with Crippen molar-refractivity contribution in [2.24, 2.45) is 7.05 Å². The molecule has 4 nitrogen and oxygen atoms in total. The minimum absolute atomic E-state index is 0.128. The maximum atomic E-state index is 12.5. The summed E-state index contributed by atoms with van der Waals surface area (Å²) < 4.78 is 2.87. The molecule has 0 spiro atoms. The van der Waals surface area contributed by atoms with E-state index in [1.807, 2.05) is 30.4 Å². The highest BCUT2D eigenvalue weighted by molar-refractivity contribution is 14.1. The summed E-state index contributed by atoms with van der Waals surface area (Å²) in [5, 5.41) is 4.14. The van der Waals surface area contributed by atoms with E-state index in [0.717, 1.165) is 33.2 Å². The zero-order valence-corrected chi connectivity index (χ0v) is 12.8. The van der Waals surface area contributed by atoms with Crippen LogP contribution in [-0.2, 0) is 20.0 Å². The van der Waals surface area contributed by atoms with Crippen LogP contribution in [0.25, 0.3) is 0 Å². The molecule has 1 amide bonds. The van der Waals surface area contributed by atoms with Gasteiger partial charge in [0.25, 0.3) is 5.91 Å². The van der Waals surface area contributed by atoms with Gasteiger partial charge >= 0.3 is 0 Å². The molecule has 0 N–H and O–H groups in total. The Hall–Kier alpha value is -1.37. The van der Waals surface area contributed by atoms with Crippen molar-refractivity contribution in [1.82, 2.24) is 14.7 Å². The molecule has 0 aliphatic carbocycles. The number of benzene rings is 1. The molecule has 3 rings (SSSR count). The summed E-state index contributed by atoms with van der Waals surface area (Å²) in [5.74, 6) is 0.128. The van der Waals surface area contributed by atoms with E-state index in [0.29, 0.717) is 6.54 Å². The van der Waals surface area contributed by atoms with Crippen LogP contribution in [0.1, 0.15) is 21.5 Å². The molecule has 0 fully saturated rings. The Kier molecular flexibility index (Phi) is 3.30. The van der Waals surface area contributed by atoms with Gasteiger partial charge in [-0.25, -0.2) is 0 Å². The van der Waals surface area contributed by atoms with Gasteiger partial charge in [0, 0.05) is 41.0 Å². The number of carbonyl (C=O) groups excluding carboxylic acids is 1. The lowest BCUT2D eigenvalue weighted by Crippen LogP contribution is -2.37. The fourth-order valence-corrected chi connectivity index (χ4v) is 2.91. The van der Waals surface area contributed by atoms with E-state index in [1.54, 1.807) is 4.68 Å². The van der Waals surface area contributed by atoms with Crippen LogP contribution in [0.5, 0.6) is 0 Å². The highest BCUT2D eigenvalue weighted by Crippen LogP contribution is 2.22. The van der Waals surface area contributed by atoms with Crippen LogP contribution >= 0.6 is 22.6 Å². The topological polar surface area (TPSA) is 38.1 Å². The normalized spacial score (nSPS) is 14.6. The van der Waals surface area contributed by atoms with Crippen molar-refractivity contribution in [1.29, 1.82) is 0 Å². The highest BCUT2D eigenvalue weighted by Gasteiger charge is 2.24. The molecule has 2 aromatic rings. The van der Waals surface area contributed by atoms with Gasteiger partial charge in [-0.3, -0.25) is 9.48 Å². The van der Waals surface area contributed by atoms with Crippen molar-refractivity contribution in [3.05, 3.63) is 50.9 Å². The maximum absolute atomic E-state index is 12.5. The summed E-state index contributed by atoms with van der Waals surface area (Å²) >= 11 is 2.25. The largest absolute Gasteiger partial charge is 0.334 e. The molecule has 0 atom stereocenters. The number of hydrogen-bond acceptors (Lipinski definition) is 2. The van der Waals surface area contributed by atoms with Crippen molar-refractivity contribution in [2.45, 2.75) is 13.0 Å². The molecule has 1 aromatic heterocycles. The molecule has 0 saturated heterocycles. The van der Waals surface area contributed by atoms with Crippen LogP contribution in [0.15, 0.2) is 30.6 Å². The standard InChI is InChI=1S/C14H14IN3O/c1-17-8-10(7-16-17)9-18-5-4-11-2-3-12(15)6-13(11)14(18)19/h2-3,6-8H,4-5,9H2,1H3. The van der Waals surface area contributed by atoms with Gasteiger partial charge in [-0.2, -0.15) is 5.10 Å². The SMILES string of the molecule is Cn1cc(CN2CCc3ccc(I)cc3C2=O)cn1. The van der Waals surface area contributed by atoms with Crippen LogP contribution in [0.3, 0.4) is 0 Å². The lowest BCUT2D eigenvalue weighted by Gasteiger charge is -2.28. The van der Waals surface area contributed by atoms with Gasteiger partial charge in [-0.15, -0.1) is 0 Å². The molecule has 1 aliphatic rings. The van der Waals surface area contributed by atoms with E-state index in [2.05, 4.69) is 39.8 Å². The number of aryl methyl sites for hydroxylation is 1. The fraction of sp³-hybridized carbons (Fsp3) is 0.286. The van der Waals surface area contributed by atoms with E-state index < -0.39 is 0 Å². The molecule has 1 aliphatic heterocycles. The molecule has 0 saturated carbocycles. The van der Waals surface area contributed by atoms with Crippen molar-refractivity contribution in [3.63, 3.8) is 0 Å². The van der Waals surface area contributed by atoms with Gasteiger partial charge in [0.05, 0.1) is 6.20 Å². The zero-order valence-electron chi connectivity index (χ0n) is 10.6. The van der Waals surface area contributed by atoms with Crippen molar-refractivity contribution in [3.8, 4) is 0 Å². The van der Waals surface area contributed by atoms with Gasteiger partial charge in [0.1, 0.15) is 0 Å². The van der Waals surface area contributed by atoms with Crippen molar-refractivity contribution in [2.75, 3.05) is 6.54 Å². The van der Waals surface area contributed by atoms with Gasteiger partial charge in [0.15, 0.2) is 0 Å². The van der Waals surface area contributed by atoms with E-state index >= 15 is 0 Å². The molecular weight excluding hydrogens is 353 g/mol. The first-order chi connectivity index (χ1) is 9.13. The Morgan fingerprint density at radius 2 is 2.26 bits per heavy atom. The monoisotopic (exact) mass is 367 g/mol. The summed E-state index contributed by atoms with van der Waals surface area (Å²) in [4.78, 5) is 14.4. The first-order valence-electron chi connectivity index (χ1n) is 6.19. The van der Waals surface area contributed by atoms with Gasteiger partial charge in [-0.05, 0) is 46.7 Å². The predicted molar refractivity (Wildman–Crippen MR) is 80.8 cm³/mol. The van der Waals surface area contributed by atoms with E-state index in [4.69, 9.17) is 0 Å². The van der Waals surface area contributed by atoms with Crippen LogP contribution in [-0.4, -0.2) is 27.1 Å². The van der Waals surface area contributed by atoms with Crippen LogP contribution in [0, 0.1) is 3.57 Å². The average Bonchev–Trinajstić information content (AvgIpc) is 2.79. The smallest absolute Gasteiger partial charge is 0.254 e. The summed E-state index contributed by atoms with van der Waals surface area (Å²) in [7, 11) is 1.89. The third-order valence-electron chi connectivity index (χ3n) is 3.37. The maximum Gasteiger partial charge on any atom is 0.254 e. The molecule has 2 heterocycles. The Morgan fingerprint density at radius 1 is 1.42 bits per heavy atom. The van der Waals surface area contributed by atoms with E-state index in [1.165, 1.54) is 0 Å². The molecule has 5 heteroatoms. The molecule has 19 heavy (non-hydrogen) atoms. The highest BCUT2D eigenvalue weighted by atomic mass is 127. The summed E-state index contributed by atoms with van der Waals surface area (Å²) in [5.41, 5.74) is 3.08. The fourth-order valence-electron chi connectivity index (χ4n) is 2.42. The molecule has 0 unspecified atom stereocenters. The molecule has 1 aromatic carbocycles. The number of halogens is 1. The first-order valence-corrected chi connectivity index (χ1v) is 7.26. The number of amides is 1. The number of aromatic nitrogens is 2. The minimum Gasteiger partial charge on any atom is -0.334 e. The number of rotatable bonds is 2. The van der Waals surface area contributed by atoms with Crippen molar-refractivity contribution >= 4 is 28.5 Å². The third kappa shape index (κ3) is 2.51.